The summed E-state index contributed by atoms with van der Waals surface area (Å²) in [5.41, 5.74) is 1.76. The lowest BCUT2D eigenvalue weighted by molar-refractivity contribution is -0.113. The summed E-state index contributed by atoms with van der Waals surface area (Å²) < 4.78 is 22.0. The van der Waals surface area contributed by atoms with Crippen molar-refractivity contribution in [3.05, 3.63) is 76.8 Å². The molecule has 0 aliphatic carbocycles. The lowest BCUT2D eigenvalue weighted by Gasteiger charge is -2.10. The molecule has 0 radical (unpaired) electrons. The smallest absolute Gasteiger partial charge is 0.234 e. The number of hydrogen-bond acceptors (Lipinski definition) is 5. The van der Waals surface area contributed by atoms with Gasteiger partial charge in [-0.2, -0.15) is 0 Å². The van der Waals surface area contributed by atoms with Gasteiger partial charge in [-0.05, 0) is 42.8 Å². The summed E-state index contributed by atoms with van der Waals surface area (Å²) in [6.07, 6.45) is 1.70. The fraction of sp³-hybridized carbons (Fsp3) is 0.190. The molecular weight excluding hydrogens is 471 g/mol. The van der Waals surface area contributed by atoms with Crippen LogP contribution in [0.3, 0.4) is 0 Å². The van der Waals surface area contributed by atoms with Gasteiger partial charge < -0.3 is 10.1 Å². The van der Waals surface area contributed by atoms with Crippen LogP contribution in [0.1, 0.15) is 11.4 Å². The van der Waals surface area contributed by atoms with Crippen LogP contribution in [0.5, 0.6) is 5.75 Å². The van der Waals surface area contributed by atoms with Gasteiger partial charge in [0, 0.05) is 16.7 Å². The summed E-state index contributed by atoms with van der Waals surface area (Å²) in [6, 6.07) is 11.8. The number of benzene rings is 2. The second-order valence-corrected chi connectivity index (χ2v) is 8.11. The molecule has 0 spiro atoms. The fourth-order valence-corrected chi connectivity index (χ4v) is 3.61. The number of rotatable bonds is 9. The summed E-state index contributed by atoms with van der Waals surface area (Å²) in [5, 5.41) is 11.7. The van der Waals surface area contributed by atoms with Gasteiger partial charge in [-0.15, -0.1) is 16.8 Å². The van der Waals surface area contributed by atoms with Gasteiger partial charge in [-0.25, -0.2) is 4.39 Å². The number of aryl methyl sites for hydroxylation is 1. The van der Waals surface area contributed by atoms with Crippen molar-refractivity contribution in [1.82, 2.24) is 14.8 Å². The number of carbonyl (C=O) groups is 1. The second kappa shape index (κ2) is 10.4. The molecule has 9 heteroatoms. The van der Waals surface area contributed by atoms with Gasteiger partial charge >= 0.3 is 0 Å². The van der Waals surface area contributed by atoms with Crippen LogP contribution in [0.2, 0.25) is 0 Å². The molecule has 0 aliphatic heterocycles. The van der Waals surface area contributed by atoms with E-state index in [0.717, 1.165) is 15.7 Å². The highest BCUT2D eigenvalue weighted by molar-refractivity contribution is 9.10. The Morgan fingerprint density at radius 3 is 2.87 bits per heavy atom. The van der Waals surface area contributed by atoms with Gasteiger partial charge in [-0.3, -0.25) is 9.36 Å². The van der Waals surface area contributed by atoms with Gasteiger partial charge in [0.05, 0.1) is 5.75 Å². The number of para-hydroxylation sites is 1. The Balaban J connectivity index is 1.62. The highest BCUT2D eigenvalue weighted by Crippen LogP contribution is 2.22. The van der Waals surface area contributed by atoms with E-state index in [0.29, 0.717) is 17.5 Å². The van der Waals surface area contributed by atoms with Crippen LogP contribution >= 0.6 is 27.7 Å². The molecule has 0 saturated heterocycles. The Hall–Kier alpha value is -2.65. The molecule has 0 unspecified atom stereocenters. The maximum absolute atomic E-state index is 13.7. The average molecular weight is 491 g/mol. The molecule has 0 fully saturated rings. The molecule has 156 valence electrons. The molecule has 1 N–H and O–H groups in total. The monoisotopic (exact) mass is 490 g/mol. The summed E-state index contributed by atoms with van der Waals surface area (Å²) >= 11 is 4.70. The zero-order valence-electron chi connectivity index (χ0n) is 16.3. The number of aromatic nitrogens is 3. The van der Waals surface area contributed by atoms with Gasteiger partial charge in [0.1, 0.15) is 6.61 Å². The third-order valence-electron chi connectivity index (χ3n) is 4.07. The quantitative estimate of drug-likeness (QED) is 0.338. The summed E-state index contributed by atoms with van der Waals surface area (Å²) in [7, 11) is 0. The lowest BCUT2D eigenvalue weighted by Crippen LogP contribution is -2.15. The van der Waals surface area contributed by atoms with Crippen LogP contribution < -0.4 is 10.1 Å². The van der Waals surface area contributed by atoms with E-state index in [9.17, 15) is 9.18 Å². The number of halogens is 2. The Morgan fingerprint density at radius 1 is 1.33 bits per heavy atom. The van der Waals surface area contributed by atoms with E-state index >= 15 is 0 Å². The molecule has 30 heavy (non-hydrogen) atoms. The maximum atomic E-state index is 13.7. The number of ether oxygens (including phenoxy) is 1. The topological polar surface area (TPSA) is 69.0 Å². The van der Waals surface area contributed by atoms with Gasteiger partial charge in [0.25, 0.3) is 0 Å². The summed E-state index contributed by atoms with van der Waals surface area (Å²) in [6.45, 7) is 6.19. The third kappa shape index (κ3) is 5.70. The van der Waals surface area contributed by atoms with Crippen LogP contribution in [0, 0.1) is 12.7 Å². The Labute approximate surface area is 186 Å². The van der Waals surface area contributed by atoms with Crippen molar-refractivity contribution in [3.63, 3.8) is 0 Å². The Kier molecular flexibility index (Phi) is 7.64. The highest BCUT2D eigenvalue weighted by Gasteiger charge is 2.15. The van der Waals surface area contributed by atoms with Crippen LogP contribution in [0.25, 0.3) is 0 Å². The molecule has 3 rings (SSSR count). The molecule has 0 saturated carbocycles. The first-order valence-electron chi connectivity index (χ1n) is 9.07. The zero-order valence-corrected chi connectivity index (χ0v) is 18.7. The number of carbonyl (C=O) groups excluding carboxylic acids is 1. The predicted octanol–water partition coefficient (Wildman–Crippen LogP) is 4.98. The van der Waals surface area contributed by atoms with E-state index in [1.54, 1.807) is 28.8 Å². The van der Waals surface area contributed by atoms with E-state index in [-0.39, 0.29) is 24.0 Å². The summed E-state index contributed by atoms with van der Waals surface area (Å²) in [5.74, 6) is 0.229. The van der Waals surface area contributed by atoms with Crippen molar-refractivity contribution >= 4 is 39.3 Å². The van der Waals surface area contributed by atoms with Crippen LogP contribution in [0.15, 0.2) is 64.7 Å². The number of nitrogens with one attached hydrogen (secondary N) is 1. The minimum absolute atomic E-state index is 0.0483. The van der Waals surface area contributed by atoms with Crippen molar-refractivity contribution in [2.45, 2.75) is 25.2 Å². The maximum Gasteiger partial charge on any atom is 0.234 e. The molecule has 6 nitrogen and oxygen atoms in total. The number of allylic oxidation sites excluding steroid dienone is 1. The molecule has 1 amide bonds. The number of thioether (sulfide) groups is 1. The Morgan fingerprint density at radius 2 is 2.13 bits per heavy atom. The van der Waals surface area contributed by atoms with E-state index in [1.807, 2.05) is 25.1 Å². The minimum Gasteiger partial charge on any atom is -0.483 e. The number of hydrogen-bond donors (Lipinski definition) is 1. The van der Waals surface area contributed by atoms with E-state index in [1.165, 1.54) is 17.8 Å². The predicted molar refractivity (Wildman–Crippen MR) is 119 cm³/mol. The van der Waals surface area contributed by atoms with Crippen molar-refractivity contribution in [2.24, 2.45) is 0 Å². The van der Waals surface area contributed by atoms with Crippen molar-refractivity contribution < 1.29 is 13.9 Å². The van der Waals surface area contributed by atoms with E-state index in [2.05, 4.69) is 38.0 Å². The average Bonchev–Trinajstić information content (AvgIpc) is 3.10. The van der Waals surface area contributed by atoms with Crippen molar-refractivity contribution in [1.29, 1.82) is 0 Å². The van der Waals surface area contributed by atoms with Crippen LogP contribution in [-0.2, 0) is 17.9 Å². The first-order valence-corrected chi connectivity index (χ1v) is 10.8. The first kappa shape index (κ1) is 22.0. The molecule has 0 bridgehead atoms. The molecule has 1 heterocycles. The fourth-order valence-electron chi connectivity index (χ4n) is 2.60. The van der Waals surface area contributed by atoms with Gasteiger partial charge in [0.15, 0.2) is 22.5 Å². The SMILES string of the molecule is C=CCn1c(COc2ccccc2F)nnc1SCC(=O)Nc1ccc(Br)c(C)c1. The number of anilines is 1. The van der Waals surface area contributed by atoms with E-state index < -0.39 is 5.82 Å². The normalized spacial score (nSPS) is 10.6. The molecule has 1 aromatic heterocycles. The van der Waals surface area contributed by atoms with Crippen LogP contribution in [-0.4, -0.2) is 26.4 Å². The molecule has 2 aromatic carbocycles. The van der Waals surface area contributed by atoms with Crippen molar-refractivity contribution in [3.8, 4) is 5.75 Å². The minimum atomic E-state index is -0.443. The van der Waals surface area contributed by atoms with Crippen LogP contribution in [0.4, 0.5) is 10.1 Å². The molecule has 0 aliphatic rings. The third-order valence-corrected chi connectivity index (χ3v) is 5.93. The largest absolute Gasteiger partial charge is 0.483 e. The first-order chi connectivity index (χ1) is 14.5. The summed E-state index contributed by atoms with van der Waals surface area (Å²) in [4.78, 5) is 12.3. The lowest BCUT2D eigenvalue weighted by atomic mass is 10.2. The second-order valence-electron chi connectivity index (χ2n) is 6.32. The van der Waals surface area contributed by atoms with Crippen molar-refractivity contribution in [2.75, 3.05) is 11.1 Å². The number of amides is 1. The highest BCUT2D eigenvalue weighted by atomic mass is 79.9. The molecule has 0 atom stereocenters. The van der Waals surface area contributed by atoms with Gasteiger partial charge in [-0.1, -0.05) is 45.9 Å². The number of nitrogens with zero attached hydrogens (tertiary/aromatic N) is 3. The Bertz CT molecular complexity index is 1060. The zero-order chi connectivity index (χ0) is 21.5. The molecular formula is C21H20BrFN4O2S. The standard InChI is InChI=1S/C21H20BrFN4O2S/c1-3-10-27-19(12-29-18-7-5-4-6-17(18)23)25-26-21(27)30-13-20(28)24-15-8-9-16(22)14(2)11-15/h3-9,11H,1,10,12-13H2,2H3,(H,24,28). The molecule has 3 aromatic rings. The van der Waals surface area contributed by atoms with E-state index in [4.69, 9.17) is 4.74 Å². The van der Waals surface area contributed by atoms with Gasteiger partial charge in [0.2, 0.25) is 5.91 Å².